The molecule has 2 aliphatic heterocycles. The number of benzene rings is 3. The number of thioether (sulfide) groups is 1. The van der Waals surface area contributed by atoms with Crippen molar-refractivity contribution >= 4 is 52.3 Å². The Morgan fingerprint density at radius 1 is 1.00 bits per heavy atom. The minimum Gasteiger partial charge on any atom is -0.454 e. The highest BCUT2D eigenvalue weighted by Gasteiger charge is 2.35. The van der Waals surface area contributed by atoms with Crippen molar-refractivity contribution in [2.24, 2.45) is 0 Å². The fraction of sp³-hybridized carbons (Fsp3) is 0.120. The van der Waals surface area contributed by atoms with E-state index >= 15 is 0 Å². The van der Waals surface area contributed by atoms with E-state index in [1.54, 1.807) is 30.0 Å². The van der Waals surface area contributed by atoms with Crippen molar-refractivity contribution in [3.05, 3.63) is 87.3 Å². The van der Waals surface area contributed by atoms with Gasteiger partial charge < -0.3 is 9.47 Å². The predicted molar refractivity (Wildman–Crippen MR) is 131 cm³/mol. The maximum atomic E-state index is 12.9. The molecule has 0 aromatic heterocycles. The number of amides is 2. The average molecular weight is 496 g/mol. The first-order chi connectivity index (χ1) is 16.0. The van der Waals surface area contributed by atoms with Crippen molar-refractivity contribution in [1.29, 1.82) is 0 Å². The summed E-state index contributed by atoms with van der Waals surface area (Å²) >= 11 is 8.92. The van der Waals surface area contributed by atoms with Crippen LogP contribution in [0.2, 0.25) is 5.02 Å². The Kier molecular flexibility index (Phi) is 6.10. The van der Waals surface area contributed by atoms with Gasteiger partial charge in [0, 0.05) is 20.9 Å². The van der Waals surface area contributed by atoms with Crippen molar-refractivity contribution in [3.63, 3.8) is 0 Å². The molecule has 0 unspecified atom stereocenters. The molecular weight excluding hydrogens is 478 g/mol. The van der Waals surface area contributed by atoms with Crippen LogP contribution in [0.15, 0.2) is 75.4 Å². The molecule has 33 heavy (non-hydrogen) atoms. The van der Waals surface area contributed by atoms with E-state index in [4.69, 9.17) is 21.1 Å². The smallest absolute Gasteiger partial charge is 0.293 e. The molecule has 0 bridgehead atoms. The Morgan fingerprint density at radius 3 is 2.33 bits per heavy atom. The molecule has 2 amide bonds. The molecule has 0 atom stereocenters. The molecule has 0 spiro atoms. The molecular formula is C25H18ClNO4S2. The fourth-order valence-electron chi connectivity index (χ4n) is 3.41. The number of ether oxygens (including phenoxy) is 2. The second kappa shape index (κ2) is 9.17. The van der Waals surface area contributed by atoms with Crippen molar-refractivity contribution < 1.29 is 19.1 Å². The Hall–Kier alpha value is -2.87. The second-order valence-electron chi connectivity index (χ2n) is 7.55. The third kappa shape index (κ3) is 4.76. The summed E-state index contributed by atoms with van der Waals surface area (Å²) in [4.78, 5) is 29.3. The summed E-state index contributed by atoms with van der Waals surface area (Å²) in [7, 11) is 0. The van der Waals surface area contributed by atoms with Crippen molar-refractivity contribution in [2.45, 2.75) is 23.3 Å². The van der Waals surface area contributed by atoms with Crippen LogP contribution in [0.5, 0.6) is 11.5 Å². The predicted octanol–water partition coefficient (Wildman–Crippen LogP) is 6.76. The van der Waals surface area contributed by atoms with Gasteiger partial charge in [0.25, 0.3) is 11.1 Å². The van der Waals surface area contributed by atoms with Gasteiger partial charge in [-0.05, 0) is 66.2 Å². The van der Waals surface area contributed by atoms with Crippen LogP contribution in [0.4, 0.5) is 4.79 Å². The van der Waals surface area contributed by atoms with Crippen LogP contribution >= 0.6 is 35.1 Å². The van der Waals surface area contributed by atoms with E-state index in [0.717, 1.165) is 27.1 Å². The van der Waals surface area contributed by atoms with E-state index in [0.29, 0.717) is 27.0 Å². The van der Waals surface area contributed by atoms with Crippen LogP contribution in [0.3, 0.4) is 0 Å². The van der Waals surface area contributed by atoms with Crippen LogP contribution in [0.1, 0.15) is 16.7 Å². The normalized spacial score (nSPS) is 16.2. The quantitative estimate of drug-likeness (QED) is 0.364. The summed E-state index contributed by atoms with van der Waals surface area (Å²) in [5, 5.41) is 0.0930. The van der Waals surface area contributed by atoms with Gasteiger partial charge in [-0.2, -0.15) is 0 Å². The molecule has 8 heteroatoms. The minimum absolute atomic E-state index is 0.0730. The number of carbonyl (C=O) groups is 2. The molecule has 0 saturated carbocycles. The first kappa shape index (κ1) is 21.9. The summed E-state index contributed by atoms with van der Waals surface area (Å²) in [6.45, 7) is 2.26. The van der Waals surface area contributed by atoms with Gasteiger partial charge in [0.1, 0.15) is 0 Å². The molecule has 0 radical (unpaired) electrons. The SMILES string of the molecule is Cc1ccc(Sc2ccc(/C=C3\SC(=O)N(Cc4cc5c(cc4Cl)OCO5)C3=O)cc2)cc1. The maximum Gasteiger partial charge on any atom is 0.293 e. The van der Waals surface area contributed by atoms with Gasteiger partial charge in [0.2, 0.25) is 6.79 Å². The molecule has 3 aromatic carbocycles. The molecule has 1 fully saturated rings. The van der Waals surface area contributed by atoms with Gasteiger partial charge in [-0.1, -0.05) is 53.2 Å². The third-order valence-corrected chi connectivity index (χ3v) is 7.45. The summed E-state index contributed by atoms with van der Waals surface area (Å²) in [6.07, 6.45) is 1.74. The van der Waals surface area contributed by atoms with Crippen LogP contribution in [0, 0.1) is 6.92 Å². The lowest BCUT2D eigenvalue weighted by Gasteiger charge is -2.14. The number of carbonyl (C=O) groups excluding carboxylic acids is 2. The van der Waals surface area contributed by atoms with Crippen molar-refractivity contribution in [2.75, 3.05) is 6.79 Å². The maximum absolute atomic E-state index is 12.9. The zero-order valence-electron chi connectivity index (χ0n) is 17.5. The molecule has 0 N–H and O–H groups in total. The van der Waals surface area contributed by atoms with Crippen molar-refractivity contribution in [1.82, 2.24) is 4.90 Å². The lowest BCUT2D eigenvalue weighted by molar-refractivity contribution is -0.123. The first-order valence-electron chi connectivity index (χ1n) is 10.1. The lowest BCUT2D eigenvalue weighted by Crippen LogP contribution is -2.27. The zero-order valence-corrected chi connectivity index (χ0v) is 19.9. The van der Waals surface area contributed by atoms with Gasteiger partial charge in [-0.25, -0.2) is 0 Å². The average Bonchev–Trinajstić information content (AvgIpc) is 3.36. The van der Waals surface area contributed by atoms with E-state index in [-0.39, 0.29) is 24.5 Å². The topological polar surface area (TPSA) is 55.8 Å². The number of rotatable bonds is 5. The minimum atomic E-state index is -0.336. The van der Waals surface area contributed by atoms with Crippen LogP contribution in [-0.4, -0.2) is 22.8 Å². The van der Waals surface area contributed by atoms with E-state index in [1.165, 1.54) is 10.5 Å². The monoisotopic (exact) mass is 495 g/mol. The Morgan fingerprint density at radius 2 is 1.64 bits per heavy atom. The van der Waals surface area contributed by atoms with Crippen LogP contribution in [0.25, 0.3) is 6.08 Å². The third-order valence-electron chi connectivity index (χ3n) is 5.18. The number of hydrogen-bond donors (Lipinski definition) is 0. The second-order valence-corrected chi connectivity index (χ2v) is 10.1. The van der Waals surface area contributed by atoms with Crippen LogP contribution < -0.4 is 9.47 Å². The van der Waals surface area contributed by atoms with E-state index in [9.17, 15) is 9.59 Å². The standard InChI is InChI=1S/C25H18ClNO4S2/c1-15-2-6-18(7-3-15)32-19-8-4-16(5-9-19)10-23-24(28)27(25(29)33-23)13-17-11-21-22(12-20(17)26)31-14-30-21/h2-12H,13-14H2,1H3/b23-10-. The van der Waals surface area contributed by atoms with Gasteiger partial charge in [0.05, 0.1) is 11.4 Å². The molecule has 5 rings (SSSR count). The summed E-state index contributed by atoms with van der Waals surface area (Å²) in [5.74, 6) is 0.777. The molecule has 2 heterocycles. The van der Waals surface area contributed by atoms with E-state index < -0.39 is 0 Å². The van der Waals surface area contributed by atoms with Gasteiger partial charge >= 0.3 is 0 Å². The van der Waals surface area contributed by atoms with Gasteiger partial charge in [-0.3, -0.25) is 14.5 Å². The summed E-state index contributed by atoms with van der Waals surface area (Å²) in [5.41, 5.74) is 2.71. The molecule has 166 valence electrons. The van der Waals surface area contributed by atoms with E-state index in [1.807, 2.05) is 24.3 Å². The van der Waals surface area contributed by atoms with E-state index in [2.05, 4.69) is 31.2 Å². The number of fused-ring (bicyclic) bond motifs is 1. The molecule has 2 aliphatic rings. The Bertz CT molecular complexity index is 1270. The molecule has 5 nitrogen and oxygen atoms in total. The van der Waals surface area contributed by atoms with Gasteiger partial charge in [-0.15, -0.1) is 0 Å². The Labute approximate surface area is 204 Å². The summed E-state index contributed by atoms with van der Waals surface area (Å²) in [6, 6.07) is 19.6. The largest absolute Gasteiger partial charge is 0.454 e. The highest BCUT2D eigenvalue weighted by Crippen LogP contribution is 2.39. The highest BCUT2D eigenvalue weighted by molar-refractivity contribution is 8.18. The Balaban J connectivity index is 1.29. The zero-order chi connectivity index (χ0) is 22.9. The fourth-order valence-corrected chi connectivity index (χ4v) is 5.28. The lowest BCUT2D eigenvalue weighted by atomic mass is 10.1. The summed E-state index contributed by atoms with van der Waals surface area (Å²) < 4.78 is 10.7. The number of halogens is 1. The molecule has 3 aromatic rings. The highest BCUT2D eigenvalue weighted by atomic mass is 35.5. The first-order valence-corrected chi connectivity index (χ1v) is 12.2. The number of imide groups is 1. The van der Waals surface area contributed by atoms with Gasteiger partial charge in [0.15, 0.2) is 11.5 Å². The molecule has 1 saturated heterocycles. The molecule has 0 aliphatic carbocycles. The number of nitrogens with zero attached hydrogens (tertiary/aromatic N) is 1. The number of hydrogen-bond acceptors (Lipinski definition) is 6. The van der Waals surface area contributed by atoms with Crippen LogP contribution in [-0.2, 0) is 11.3 Å². The number of aryl methyl sites for hydroxylation is 1. The van der Waals surface area contributed by atoms with Crippen molar-refractivity contribution in [3.8, 4) is 11.5 Å².